The van der Waals surface area contributed by atoms with E-state index >= 15 is 0 Å². The van der Waals surface area contributed by atoms with Gasteiger partial charge in [0, 0.05) is 16.6 Å². The predicted molar refractivity (Wildman–Crippen MR) is 106 cm³/mol. The van der Waals surface area contributed by atoms with Crippen LogP contribution in [0.15, 0.2) is 28.7 Å². The van der Waals surface area contributed by atoms with Gasteiger partial charge in [0.2, 0.25) is 0 Å². The molecule has 0 atom stereocenters. The van der Waals surface area contributed by atoms with Gasteiger partial charge in [-0.1, -0.05) is 28.1 Å². The molecule has 1 aromatic heterocycles. The van der Waals surface area contributed by atoms with E-state index in [1.54, 1.807) is 4.68 Å². The van der Waals surface area contributed by atoms with E-state index in [0.29, 0.717) is 31.0 Å². The van der Waals surface area contributed by atoms with Gasteiger partial charge in [-0.2, -0.15) is 5.10 Å². The van der Waals surface area contributed by atoms with Gasteiger partial charge in [0.25, 0.3) is 5.91 Å². The molecule has 1 aromatic carbocycles. The normalized spacial score (nSPS) is 19.7. The number of primary amides is 1. The van der Waals surface area contributed by atoms with Crippen molar-refractivity contribution in [1.82, 2.24) is 9.78 Å². The number of carboxylic acid groups (broad SMARTS) is 1. The van der Waals surface area contributed by atoms with Crippen LogP contribution < -0.4 is 11.5 Å². The molecule has 1 amide bonds. The number of carbonyl (C=O) groups is 2. The van der Waals surface area contributed by atoms with Gasteiger partial charge >= 0.3 is 5.97 Å². The van der Waals surface area contributed by atoms with E-state index in [1.807, 2.05) is 24.3 Å². The maximum atomic E-state index is 11.9. The van der Waals surface area contributed by atoms with E-state index in [1.165, 1.54) is 0 Å². The minimum Gasteiger partial charge on any atom is -0.481 e. The number of aromatic nitrogens is 2. The summed E-state index contributed by atoms with van der Waals surface area (Å²) in [5.74, 6) is -0.799. The number of anilines is 1. The van der Waals surface area contributed by atoms with Crippen LogP contribution in [-0.4, -0.2) is 26.8 Å². The first-order valence-corrected chi connectivity index (χ1v) is 9.81. The third-order valence-corrected chi connectivity index (χ3v) is 5.83. The molecule has 144 valence electrons. The number of carbonyl (C=O) groups excluding carboxylic acids is 1. The van der Waals surface area contributed by atoms with E-state index in [9.17, 15) is 9.59 Å². The summed E-state index contributed by atoms with van der Waals surface area (Å²) in [7, 11) is 0. The molecule has 0 unspecified atom stereocenters. The first-order chi connectivity index (χ1) is 12.9. The molecule has 1 fully saturated rings. The van der Waals surface area contributed by atoms with Gasteiger partial charge in [-0.25, -0.2) is 4.68 Å². The van der Waals surface area contributed by atoms with Gasteiger partial charge in [0.1, 0.15) is 17.1 Å². The summed E-state index contributed by atoms with van der Waals surface area (Å²) in [5.41, 5.74) is 13.2. The van der Waals surface area contributed by atoms with E-state index in [4.69, 9.17) is 16.6 Å². The molecule has 1 saturated carbocycles. The van der Waals surface area contributed by atoms with Crippen molar-refractivity contribution in [3.63, 3.8) is 0 Å². The third kappa shape index (κ3) is 4.32. The number of benzene rings is 1. The number of nitrogens with two attached hydrogens (primary N) is 2. The molecule has 0 aliphatic heterocycles. The van der Waals surface area contributed by atoms with Crippen molar-refractivity contribution in [1.29, 1.82) is 0 Å². The first kappa shape index (κ1) is 19.4. The summed E-state index contributed by atoms with van der Waals surface area (Å²) in [4.78, 5) is 23.0. The average Bonchev–Trinajstić information content (AvgIpc) is 2.97. The second-order valence-corrected chi connectivity index (χ2v) is 7.96. The number of rotatable bonds is 6. The molecule has 1 heterocycles. The van der Waals surface area contributed by atoms with Gasteiger partial charge < -0.3 is 16.6 Å². The molecule has 0 spiro atoms. The Morgan fingerprint density at radius 1 is 1.19 bits per heavy atom. The van der Waals surface area contributed by atoms with Crippen molar-refractivity contribution in [3.8, 4) is 11.3 Å². The average molecular weight is 435 g/mol. The quantitative estimate of drug-likeness (QED) is 0.643. The standard InChI is InChI=1S/C19H23BrN4O3/c20-14-7-5-12(6-8-14)16-15(18(22)25)17(21)24(23-16)10-9-11-1-3-13(4-2-11)19(26)27/h5-8,11,13H,1-4,9-10,21H2,(H2,22,25)(H,26,27). The van der Waals surface area contributed by atoms with E-state index in [-0.39, 0.29) is 17.3 Å². The number of nitrogen functional groups attached to an aromatic ring is 1. The largest absolute Gasteiger partial charge is 0.481 e. The molecule has 0 bridgehead atoms. The first-order valence-electron chi connectivity index (χ1n) is 9.01. The maximum absolute atomic E-state index is 11.9. The monoisotopic (exact) mass is 434 g/mol. The second kappa shape index (κ2) is 8.12. The Balaban J connectivity index is 1.75. The van der Waals surface area contributed by atoms with Crippen LogP contribution in [0.25, 0.3) is 11.3 Å². The minimum absolute atomic E-state index is 0.221. The number of aliphatic carboxylic acids is 1. The number of hydrogen-bond acceptors (Lipinski definition) is 4. The molecule has 7 nitrogen and oxygen atoms in total. The van der Waals surface area contributed by atoms with Crippen LogP contribution in [0.5, 0.6) is 0 Å². The molecule has 1 aliphatic carbocycles. The number of nitrogens with zero attached hydrogens (tertiary/aromatic N) is 2. The molecule has 8 heteroatoms. The summed E-state index contributed by atoms with van der Waals surface area (Å²) >= 11 is 3.39. The highest BCUT2D eigenvalue weighted by molar-refractivity contribution is 9.10. The second-order valence-electron chi connectivity index (χ2n) is 7.05. The van der Waals surface area contributed by atoms with Gasteiger partial charge in [-0.3, -0.25) is 9.59 Å². The lowest BCUT2D eigenvalue weighted by Gasteiger charge is -2.26. The molecule has 0 radical (unpaired) electrons. The van der Waals surface area contributed by atoms with Crippen molar-refractivity contribution in [3.05, 3.63) is 34.3 Å². The van der Waals surface area contributed by atoms with Crippen molar-refractivity contribution in [2.75, 3.05) is 5.73 Å². The number of halogens is 1. The Hall–Kier alpha value is -2.35. The molecule has 27 heavy (non-hydrogen) atoms. The summed E-state index contributed by atoms with van der Waals surface area (Å²) in [6.45, 7) is 0.574. The third-order valence-electron chi connectivity index (χ3n) is 5.30. The maximum Gasteiger partial charge on any atom is 0.306 e. The van der Waals surface area contributed by atoms with Crippen LogP contribution in [0.4, 0.5) is 5.82 Å². The highest BCUT2D eigenvalue weighted by Crippen LogP contribution is 2.33. The van der Waals surface area contributed by atoms with Crippen molar-refractivity contribution < 1.29 is 14.7 Å². The Morgan fingerprint density at radius 3 is 2.37 bits per heavy atom. The fourth-order valence-electron chi connectivity index (χ4n) is 3.70. The van der Waals surface area contributed by atoms with Gasteiger partial charge in [-0.15, -0.1) is 0 Å². The SMILES string of the molecule is NC(=O)c1c(-c2ccc(Br)cc2)nn(CCC2CCC(C(=O)O)CC2)c1N. The minimum atomic E-state index is -0.699. The van der Waals surface area contributed by atoms with E-state index < -0.39 is 11.9 Å². The summed E-state index contributed by atoms with van der Waals surface area (Å²) in [6, 6.07) is 7.46. The van der Waals surface area contributed by atoms with Crippen molar-refractivity contribution in [2.24, 2.45) is 17.6 Å². The van der Waals surface area contributed by atoms with Crippen LogP contribution in [0.2, 0.25) is 0 Å². The van der Waals surface area contributed by atoms with E-state index in [0.717, 1.165) is 29.3 Å². The number of amides is 1. The zero-order valence-electron chi connectivity index (χ0n) is 14.9. The molecule has 0 saturated heterocycles. The van der Waals surface area contributed by atoms with Crippen LogP contribution in [0.1, 0.15) is 42.5 Å². The van der Waals surface area contributed by atoms with Crippen LogP contribution in [0, 0.1) is 11.8 Å². The van der Waals surface area contributed by atoms with E-state index in [2.05, 4.69) is 21.0 Å². The molecule has 1 aliphatic rings. The topological polar surface area (TPSA) is 124 Å². The van der Waals surface area contributed by atoms with Crippen molar-refractivity contribution in [2.45, 2.75) is 38.6 Å². The lowest BCUT2D eigenvalue weighted by atomic mass is 9.80. The molecule has 2 aromatic rings. The fourth-order valence-corrected chi connectivity index (χ4v) is 3.97. The van der Waals surface area contributed by atoms with Crippen LogP contribution in [0.3, 0.4) is 0 Å². The predicted octanol–water partition coefficient (Wildman–Crippen LogP) is 3.27. The molecule has 3 rings (SSSR count). The number of aryl methyl sites for hydroxylation is 1. The van der Waals surface area contributed by atoms with Gasteiger partial charge in [0.05, 0.1) is 5.92 Å². The number of carboxylic acids is 1. The number of hydrogen-bond donors (Lipinski definition) is 3. The van der Waals surface area contributed by atoms with Crippen molar-refractivity contribution >= 4 is 33.6 Å². The zero-order chi connectivity index (χ0) is 19.6. The lowest BCUT2D eigenvalue weighted by Crippen LogP contribution is -2.22. The fraction of sp³-hybridized carbons (Fsp3) is 0.421. The van der Waals surface area contributed by atoms with Crippen LogP contribution in [-0.2, 0) is 11.3 Å². The summed E-state index contributed by atoms with van der Waals surface area (Å²) in [6.07, 6.45) is 4.05. The Labute approximate surface area is 165 Å². The van der Waals surface area contributed by atoms with Crippen LogP contribution >= 0.6 is 15.9 Å². The summed E-state index contributed by atoms with van der Waals surface area (Å²) in [5, 5.41) is 13.6. The molecular weight excluding hydrogens is 412 g/mol. The van der Waals surface area contributed by atoms with Gasteiger partial charge in [-0.05, 0) is 50.2 Å². The smallest absolute Gasteiger partial charge is 0.306 e. The Bertz CT molecular complexity index is 839. The Kier molecular flexibility index (Phi) is 5.84. The highest BCUT2D eigenvalue weighted by atomic mass is 79.9. The Morgan fingerprint density at radius 2 is 1.81 bits per heavy atom. The molecular formula is C19H23BrN4O3. The summed E-state index contributed by atoms with van der Waals surface area (Å²) < 4.78 is 2.57. The highest BCUT2D eigenvalue weighted by Gasteiger charge is 2.27. The van der Waals surface area contributed by atoms with Gasteiger partial charge in [0.15, 0.2) is 0 Å². The zero-order valence-corrected chi connectivity index (χ0v) is 16.5. The lowest BCUT2D eigenvalue weighted by molar-refractivity contribution is -0.143. The molecule has 5 N–H and O–H groups in total.